The highest BCUT2D eigenvalue weighted by Crippen LogP contribution is 2.16. The number of fused-ring (bicyclic) bond motifs is 1. The van der Waals surface area contributed by atoms with Crippen LogP contribution in [0.15, 0.2) is 18.3 Å². The largest absolute Gasteiger partial charge is 0.351 e. The molecule has 5 nitrogen and oxygen atoms in total. The lowest BCUT2D eigenvalue weighted by molar-refractivity contribution is 0.0946. The molecule has 23 heavy (non-hydrogen) atoms. The summed E-state index contributed by atoms with van der Waals surface area (Å²) in [7, 11) is 0. The molecule has 1 fully saturated rings. The number of carbonyl (C=O) groups excluding carboxylic acids is 1. The monoisotopic (exact) mass is 334 g/mol. The fourth-order valence-corrected chi connectivity index (χ4v) is 3.32. The Kier molecular flexibility index (Phi) is 5.18. The van der Waals surface area contributed by atoms with E-state index in [1.54, 1.807) is 16.7 Å². The highest BCUT2D eigenvalue weighted by Gasteiger charge is 2.16. The van der Waals surface area contributed by atoms with E-state index in [0.29, 0.717) is 17.3 Å². The van der Waals surface area contributed by atoms with Crippen LogP contribution in [0.2, 0.25) is 5.02 Å². The predicted octanol–water partition coefficient (Wildman–Crippen LogP) is 2.90. The molecule has 0 aliphatic carbocycles. The van der Waals surface area contributed by atoms with Gasteiger partial charge in [0.15, 0.2) is 0 Å². The zero-order chi connectivity index (χ0) is 16.2. The van der Waals surface area contributed by atoms with E-state index in [1.807, 2.05) is 13.0 Å². The van der Waals surface area contributed by atoms with Gasteiger partial charge in [-0.1, -0.05) is 11.6 Å². The van der Waals surface area contributed by atoms with Crippen molar-refractivity contribution in [2.24, 2.45) is 0 Å². The van der Waals surface area contributed by atoms with Crippen molar-refractivity contribution in [3.8, 4) is 0 Å². The number of aryl methyl sites for hydroxylation is 1. The molecular weight excluding hydrogens is 312 g/mol. The summed E-state index contributed by atoms with van der Waals surface area (Å²) in [4.78, 5) is 19.4. The third kappa shape index (κ3) is 3.85. The quantitative estimate of drug-likeness (QED) is 0.826. The number of rotatable bonds is 6. The zero-order valence-electron chi connectivity index (χ0n) is 13.5. The molecule has 2 aromatic heterocycles. The number of pyridine rings is 1. The van der Waals surface area contributed by atoms with Gasteiger partial charge in [0.2, 0.25) is 0 Å². The number of hydrogen-bond donors (Lipinski definition) is 1. The topological polar surface area (TPSA) is 49.6 Å². The fourth-order valence-electron chi connectivity index (χ4n) is 3.16. The van der Waals surface area contributed by atoms with Gasteiger partial charge in [-0.25, -0.2) is 4.98 Å². The van der Waals surface area contributed by atoms with Gasteiger partial charge >= 0.3 is 0 Å². The van der Waals surface area contributed by atoms with Crippen LogP contribution in [-0.2, 0) is 0 Å². The van der Waals surface area contributed by atoms with Crippen LogP contribution in [-0.4, -0.2) is 46.4 Å². The van der Waals surface area contributed by atoms with Gasteiger partial charge in [0.05, 0.1) is 10.7 Å². The summed E-state index contributed by atoms with van der Waals surface area (Å²) >= 11 is 6.03. The number of unbranched alkanes of at least 4 members (excludes halogenated alkanes) is 1. The Hall–Kier alpha value is -1.59. The smallest absolute Gasteiger partial charge is 0.270 e. The van der Waals surface area contributed by atoms with Gasteiger partial charge in [0.25, 0.3) is 5.91 Å². The van der Waals surface area contributed by atoms with Crippen molar-refractivity contribution in [1.82, 2.24) is 19.6 Å². The molecular formula is C17H23ClN4O. The number of nitrogens with zero attached hydrogens (tertiary/aromatic N) is 3. The molecule has 3 rings (SSSR count). The molecule has 1 saturated heterocycles. The Morgan fingerprint density at radius 1 is 1.30 bits per heavy atom. The first kappa shape index (κ1) is 16.3. The molecule has 3 heterocycles. The number of carbonyl (C=O) groups is 1. The van der Waals surface area contributed by atoms with Gasteiger partial charge in [0, 0.05) is 12.7 Å². The Balaban J connectivity index is 1.53. The second-order valence-corrected chi connectivity index (χ2v) is 6.57. The summed E-state index contributed by atoms with van der Waals surface area (Å²) in [6.45, 7) is 6.14. The van der Waals surface area contributed by atoms with E-state index in [9.17, 15) is 4.79 Å². The van der Waals surface area contributed by atoms with Gasteiger partial charge in [-0.15, -0.1) is 0 Å². The molecule has 0 atom stereocenters. The highest BCUT2D eigenvalue weighted by atomic mass is 35.5. The number of halogens is 1. The number of amides is 1. The van der Waals surface area contributed by atoms with E-state index in [4.69, 9.17) is 11.6 Å². The van der Waals surface area contributed by atoms with Gasteiger partial charge in [-0.3, -0.25) is 9.20 Å². The summed E-state index contributed by atoms with van der Waals surface area (Å²) < 4.78 is 1.76. The van der Waals surface area contributed by atoms with Crippen molar-refractivity contribution in [2.75, 3.05) is 26.2 Å². The van der Waals surface area contributed by atoms with Gasteiger partial charge in [-0.2, -0.15) is 0 Å². The van der Waals surface area contributed by atoms with Crippen LogP contribution in [0.25, 0.3) is 5.65 Å². The molecule has 1 aliphatic rings. The number of aromatic nitrogens is 2. The molecule has 124 valence electrons. The molecule has 1 aliphatic heterocycles. The Labute approximate surface area is 141 Å². The van der Waals surface area contributed by atoms with Crippen molar-refractivity contribution >= 4 is 23.2 Å². The SMILES string of the molecule is Cc1nc2ccc(Cl)cn2c1C(=O)NCCCCN1CCCC1. The molecule has 6 heteroatoms. The average Bonchev–Trinajstić information content (AvgIpc) is 3.13. The van der Waals surface area contributed by atoms with Gasteiger partial charge in [-0.05, 0) is 64.4 Å². The van der Waals surface area contributed by atoms with Crippen molar-refractivity contribution < 1.29 is 4.79 Å². The first-order chi connectivity index (χ1) is 11.1. The van der Waals surface area contributed by atoms with E-state index in [2.05, 4.69) is 15.2 Å². The summed E-state index contributed by atoms with van der Waals surface area (Å²) in [6.07, 6.45) is 6.51. The number of imidazole rings is 1. The molecule has 0 bridgehead atoms. The molecule has 1 amide bonds. The van der Waals surface area contributed by atoms with E-state index in [0.717, 1.165) is 30.7 Å². The van der Waals surface area contributed by atoms with Gasteiger partial charge < -0.3 is 10.2 Å². The van der Waals surface area contributed by atoms with Crippen LogP contribution in [0.1, 0.15) is 41.9 Å². The van der Waals surface area contributed by atoms with Crippen LogP contribution in [0.5, 0.6) is 0 Å². The van der Waals surface area contributed by atoms with Crippen LogP contribution < -0.4 is 5.32 Å². The third-order valence-electron chi connectivity index (χ3n) is 4.36. The first-order valence-electron chi connectivity index (χ1n) is 8.30. The normalized spacial score (nSPS) is 15.4. The number of nitrogens with one attached hydrogen (secondary N) is 1. The fraction of sp³-hybridized carbons (Fsp3) is 0.529. The van der Waals surface area contributed by atoms with Crippen molar-refractivity contribution in [1.29, 1.82) is 0 Å². The standard InChI is InChI=1S/C17H23ClN4O/c1-13-16(22-12-14(18)6-7-15(22)20-13)17(23)19-8-2-3-9-21-10-4-5-11-21/h6-7,12H,2-5,8-11H2,1H3,(H,19,23). The average molecular weight is 335 g/mol. The van der Waals surface area contributed by atoms with Crippen molar-refractivity contribution in [2.45, 2.75) is 32.6 Å². The maximum absolute atomic E-state index is 12.4. The molecule has 1 N–H and O–H groups in total. The molecule has 0 spiro atoms. The molecule has 0 saturated carbocycles. The summed E-state index contributed by atoms with van der Waals surface area (Å²) in [5.74, 6) is -0.0848. The highest BCUT2D eigenvalue weighted by molar-refractivity contribution is 6.30. The maximum atomic E-state index is 12.4. The minimum atomic E-state index is -0.0848. The summed E-state index contributed by atoms with van der Waals surface area (Å²) in [6, 6.07) is 3.60. The second kappa shape index (κ2) is 7.32. The van der Waals surface area contributed by atoms with Crippen LogP contribution in [0.3, 0.4) is 0 Å². The van der Waals surface area contributed by atoms with E-state index in [1.165, 1.54) is 25.9 Å². The third-order valence-corrected chi connectivity index (χ3v) is 4.58. The maximum Gasteiger partial charge on any atom is 0.270 e. The first-order valence-corrected chi connectivity index (χ1v) is 8.68. The number of hydrogen-bond acceptors (Lipinski definition) is 3. The summed E-state index contributed by atoms with van der Waals surface area (Å²) in [5.41, 5.74) is 2.04. The predicted molar refractivity (Wildman–Crippen MR) is 92.2 cm³/mol. The minimum Gasteiger partial charge on any atom is -0.351 e. The lowest BCUT2D eigenvalue weighted by atomic mass is 10.2. The lowest BCUT2D eigenvalue weighted by Crippen LogP contribution is -2.27. The van der Waals surface area contributed by atoms with Gasteiger partial charge in [0.1, 0.15) is 11.3 Å². The van der Waals surface area contributed by atoms with E-state index < -0.39 is 0 Å². The van der Waals surface area contributed by atoms with Crippen LogP contribution in [0, 0.1) is 6.92 Å². The molecule has 0 unspecified atom stereocenters. The van der Waals surface area contributed by atoms with E-state index in [-0.39, 0.29) is 5.91 Å². The molecule has 0 radical (unpaired) electrons. The Bertz CT molecular complexity index is 691. The molecule has 2 aromatic rings. The molecule has 0 aromatic carbocycles. The number of likely N-dealkylation sites (tertiary alicyclic amines) is 1. The van der Waals surface area contributed by atoms with Crippen molar-refractivity contribution in [3.05, 3.63) is 34.7 Å². The van der Waals surface area contributed by atoms with Crippen molar-refractivity contribution in [3.63, 3.8) is 0 Å². The zero-order valence-corrected chi connectivity index (χ0v) is 14.3. The Morgan fingerprint density at radius 2 is 2.09 bits per heavy atom. The minimum absolute atomic E-state index is 0.0848. The summed E-state index contributed by atoms with van der Waals surface area (Å²) in [5, 5.41) is 3.59. The lowest BCUT2D eigenvalue weighted by Gasteiger charge is -2.14. The van der Waals surface area contributed by atoms with Crippen LogP contribution in [0.4, 0.5) is 0 Å². The Morgan fingerprint density at radius 3 is 2.87 bits per heavy atom. The second-order valence-electron chi connectivity index (χ2n) is 6.13. The van der Waals surface area contributed by atoms with Crippen LogP contribution >= 0.6 is 11.6 Å². The van der Waals surface area contributed by atoms with E-state index >= 15 is 0 Å².